The van der Waals surface area contributed by atoms with Crippen molar-refractivity contribution in [2.24, 2.45) is 0 Å². The number of hydrogen-bond donors (Lipinski definition) is 2. The second-order valence-electron chi connectivity index (χ2n) is 4.48. The highest BCUT2D eigenvalue weighted by Gasteiger charge is 2.18. The van der Waals surface area contributed by atoms with Gasteiger partial charge in [0.15, 0.2) is 0 Å². The van der Waals surface area contributed by atoms with Crippen LogP contribution in [0, 0.1) is 11.3 Å². The number of rotatable bonds is 6. The number of carbonyl (C=O) groups is 1. The van der Waals surface area contributed by atoms with E-state index in [1.807, 2.05) is 19.9 Å². The summed E-state index contributed by atoms with van der Waals surface area (Å²) in [6, 6.07) is 7.76. The van der Waals surface area contributed by atoms with E-state index in [9.17, 15) is 13.2 Å². The zero-order chi connectivity index (χ0) is 15.2. The number of nitriles is 1. The summed E-state index contributed by atoms with van der Waals surface area (Å²) in [5.74, 6) is -0.226. The SMILES string of the molecule is CC(C)NC(=O)CCNS(=O)(=O)c1ccccc1C#N. The van der Waals surface area contributed by atoms with Gasteiger partial charge in [-0.1, -0.05) is 12.1 Å². The first-order valence-electron chi connectivity index (χ1n) is 6.15. The predicted octanol–water partition coefficient (Wildman–Crippen LogP) is 0.751. The molecule has 7 heteroatoms. The maximum atomic E-state index is 12.0. The zero-order valence-electron chi connectivity index (χ0n) is 11.4. The van der Waals surface area contributed by atoms with Gasteiger partial charge in [0, 0.05) is 19.0 Å². The molecule has 0 fully saturated rings. The molecule has 0 heterocycles. The van der Waals surface area contributed by atoms with Crippen molar-refractivity contribution >= 4 is 15.9 Å². The molecule has 0 atom stereocenters. The number of amides is 1. The van der Waals surface area contributed by atoms with Crippen molar-refractivity contribution in [2.45, 2.75) is 31.2 Å². The molecule has 0 spiro atoms. The van der Waals surface area contributed by atoms with Gasteiger partial charge >= 0.3 is 0 Å². The molecule has 0 aliphatic heterocycles. The third-order valence-corrected chi connectivity index (χ3v) is 3.91. The zero-order valence-corrected chi connectivity index (χ0v) is 12.2. The number of hydrogen-bond acceptors (Lipinski definition) is 4. The van der Waals surface area contributed by atoms with E-state index in [1.54, 1.807) is 12.1 Å². The van der Waals surface area contributed by atoms with Crippen LogP contribution < -0.4 is 10.0 Å². The third-order valence-electron chi connectivity index (χ3n) is 2.39. The molecule has 0 saturated carbocycles. The van der Waals surface area contributed by atoms with E-state index in [1.165, 1.54) is 12.1 Å². The Bertz CT molecular complexity index is 618. The van der Waals surface area contributed by atoms with Gasteiger partial charge in [0.05, 0.1) is 10.5 Å². The molecule has 0 bridgehead atoms. The molecule has 2 N–H and O–H groups in total. The van der Waals surface area contributed by atoms with Crippen molar-refractivity contribution in [3.63, 3.8) is 0 Å². The summed E-state index contributed by atoms with van der Waals surface area (Å²) in [6.45, 7) is 3.64. The Balaban J connectivity index is 2.68. The van der Waals surface area contributed by atoms with Crippen molar-refractivity contribution in [2.75, 3.05) is 6.54 Å². The predicted molar refractivity (Wildman–Crippen MR) is 74.2 cm³/mol. The van der Waals surface area contributed by atoms with Crippen LogP contribution in [0.4, 0.5) is 0 Å². The highest BCUT2D eigenvalue weighted by molar-refractivity contribution is 7.89. The number of nitrogens with zero attached hydrogens (tertiary/aromatic N) is 1. The second kappa shape index (κ2) is 7.03. The van der Waals surface area contributed by atoms with E-state index in [4.69, 9.17) is 5.26 Å². The van der Waals surface area contributed by atoms with Crippen molar-refractivity contribution in [1.82, 2.24) is 10.0 Å². The van der Waals surface area contributed by atoms with Crippen molar-refractivity contribution in [3.05, 3.63) is 29.8 Å². The lowest BCUT2D eigenvalue weighted by Gasteiger charge is -2.10. The molecule has 6 nitrogen and oxygen atoms in total. The van der Waals surface area contributed by atoms with Gasteiger partial charge in [-0.15, -0.1) is 0 Å². The van der Waals surface area contributed by atoms with Gasteiger partial charge in [-0.05, 0) is 26.0 Å². The van der Waals surface area contributed by atoms with E-state index < -0.39 is 10.0 Å². The molecule has 0 aliphatic rings. The Kier molecular flexibility index (Phi) is 5.67. The van der Waals surface area contributed by atoms with Crippen molar-refractivity contribution in [1.29, 1.82) is 5.26 Å². The first kappa shape index (κ1) is 16.1. The van der Waals surface area contributed by atoms with Gasteiger partial charge in [0.25, 0.3) is 0 Å². The van der Waals surface area contributed by atoms with Gasteiger partial charge in [0.2, 0.25) is 15.9 Å². The van der Waals surface area contributed by atoms with Crippen LogP contribution in [0.1, 0.15) is 25.8 Å². The Morgan fingerprint density at radius 2 is 2.00 bits per heavy atom. The van der Waals surface area contributed by atoms with Crippen LogP contribution in [0.2, 0.25) is 0 Å². The maximum Gasteiger partial charge on any atom is 0.241 e. The van der Waals surface area contributed by atoms with E-state index in [-0.39, 0.29) is 35.4 Å². The minimum atomic E-state index is -3.78. The molecule has 1 rings (SSSR count). The molecule has 0 saturated heterocycles. The fraction of sp³-hybridized carbons (Fsp3) is 0.385. The quantitative estimate of drug-likeness (QED) is 0.809. The van der Waals surface area contributed by atoms with E-state index in [0.29, 0.717) is 0 Å². The number of benzene rings is 1. The van der Waals surface area contributed by atoms with Crippen LogP contribution in [0.5, 0.6) is 0 Å². The van der Waals surface area contributed by atoms with Gasteiger partial charge < -0.3 is 5.32 Å². The van der Waals surface area contributed by atoms with Gasteiger partial charge in [-0.25, -0.2) is 13.1 Å². The molecule has 1 aromatic carbocycles. The molecule has 20 heavy (non-hydrogen) atoms. The summed E-state index contributed by atoms with van der Waals surface area (Å²) in [7, 11) is -3.78. The standard InChI is InChI=1S/C13H17N3O3S/c1-10(2)16-13(17)7-8-15-20(18,19)12-6-4-3-5-11(12)9-14/h3-6,10,15H,7-8H2,1-2H3,(H,16,17). The molecular weight excluding hydrogens is 278 g/mol. The first-order chi connectivity index (χ1) is 9.36. The Morgan fingerprint density at radius 1 is 1.35 bits per heavy atom. The van der Waals surface area contributed by atoms with Crippen molar-refractivity contribution in [3.8, 4) is 6.07 Å². The summed E-state index contributed by atoms with van der Waals surface area (Å²) in [6.07, 6.45) is 0.0477. The lowest BCUT2D eigenvalue weighted by molar-refractivity contribution is -0.121. The number of nitrogens with one attached hydrogen (secondary N) is 2. The fourth-order valence-electron chi connectivity index (χ4n) is 1.56. The lowest BCUT2D eigenvalue weighted by atomic mass is 10.2. The van der Waals surface area contributed by atoms with E-state index in [2.05, 4.69) is 10.0 Å². The second-order valence-corrected chi connectivity index (χ2v) is 6.21. The van der Waals surface area contributed by atoms with E-state index >= 15 is 0 Å². The Hall–Kier alpha value is -1.91. The van der Waals surface area contributed by atoms with Crippen molar-refractivity contribution < 1.29 is 13.2 Å². The summed E-state index contributed by atoms with van der Waals surface area (Å²) < 4.78 is 26.4. The average molecular weight is 295 g/mol. The highest BCUT2D eigenvalue weighted by atomic mass is 32.2. The van der Waals surface area contributed by atoms with E-state index in [0.717, 1.165) is 0 Å². The minimum absolute atomic E-state index is 0.0124. The largest absolute Gasteiger partial charge is 0.354 e. The molecule has 1 amide bonds. The van der Waals surface area contributed by atoms with Crippen LogP contribution in [0.3, 0.4) is 0 Å². The van der Waals surface area contributed by atoms with Gasteiger partial charge in [-0.2, -0.15) is 5.26 Å². The van der Waals surface area contributed by atoms with Crippen LogP contribution in [0.15, 0.2) is 29.2 Å². The van der Waals surface area contributed by atoms with Crippen LogP contribution in [0.25, 0.3) is 0 Å². The number of sulfonamides is 1. The topological polar surface area (TPSA) is 99.1 Å². The molecule has 0 aromatic heterocycles. The normalized spacial score (nSPS) is 11.1. The molecule has 1 aromatic rings. The fourth-order valence-corrected chi connectivity index (χ4v) is 2.75. The molecule has 0 unspecified atom stereocenters. The van der Waals surface area contributed by atoms with Gasteiger partial charge in [-0.3, -0.25) is 4.79 Å². The molecule has 108 valence electrons. The van der Waals surface area contributed by atoms with Gasteiger partial charge in [0.1, 0.15) is 6.07 Å². The average Bonchev–Trinajstić information content (AvgIpc) is 2.37. The monoisotopic (exact) mass is 295 g/mol. The van der Waals surface area contributed by atoms with Crippen LogP contribution in [-0.4, -0.2) is 26.9 Å². The molecule has 0 aliphatic carbocycles. The van der Waals surface area contributed by atoms with Crippen LogP contribution >= 0.6 is 0 Å². The highest BCUT2D eigenvalue weighted by Crippen LogP contribution is 2.13. The third kappa shape index (κ3) is 4.64. The summed E-state index contributed by atoms with van der Waals surface area (Å²) in [4.78, 5) is 11.3. The summed E-state index contributed by atoms with van der Waals surface area (Å²) >= 11 is 0. The Labute approximate surface area is 118 Å². The summed E-state index contributed by atoms with van der Waals surface area (Å²) in [5, 5.41) is 11.6. The first-order valence-corrected chi connectivity index (χ1v) is 7.63. The Morgan fingerprint density at radius 3 is 2.60 bits per heavy atom. The summed E-state index contributed by atoms with van der Waals surface area (Å²) in [5.41, 5.74) is 0.0756. The van der Waals surface area contributed by atoms with Crippen LogP contribution in [-0.2, 0) is 14.8 Å². The molecular formula is C13H17N3O3S. The molecule has 0 radical (unpaired) electrons. The minimum Gasteiger partial charge on any atom is -0.354 e. The smallest absolute Gasteiger partial charge is 0.241 e. The maximum absolute atomic E-state index is 12.0. The number of carbonyl (C=O) groups excluding carboxylic acids is 1. The lowest BCUT2D eigenvalue weighted by Crippen LogP contribution is -2.34.